The van der Waals surface area contributed by atoms with Crippen LogP contribution in [0.5, 0.6) is 11.5 Å². The Kier molecular flexibility index (Phi) is 6.50. The smallest absolute Gasteiger partial charge is 0.240 e. The van der Waals surface area contributed by atoms with Gasteiger partial charge in [0.2, 0.25) is 21.8 Å². The van der Waals surface area contributed by atoms with E-state index in [1.807, 2.05) is 0 Å². The Morgan fingerprint density at radius 1 is 0.931 bits per heavy atom. The first-order valence-electron chi connectivity index (χ1n) is 9.13. The quantitative estimate of drug-likeness (QED) is 0.520. The summed E-state index contributed by atoms with van der Waals surface area (Å²) in [6.07, 6.45) is 1.16. The Balaban J connectivity index is 1.56. The molecule has 0 aliphatic carbocycles. The van der Waals surface area contributed by atoms with Gasteiger partial charge in [-0.2, -0.15) is 0 Å². The molecule has 0 aromatic heterocycles. The molecule has 1 N–H and O–H groups in total. The van der Waals surface area contributed by atoms with Crippen molar-refractivity contribution in [2.45, 2.75) is 24.2 Å². The molecule has 0 saturated carbocycles. The number of nitrogens with zero attached hydrogens (tertiary/aromatic N) is 1. The van der Waals surface area contributed by atoms with Crippen molar-refractivity contribution < 1.29 is 27.5 Å². The highest BCUT2D eigenvalue weighted by Gasteiger charge is 2.27. The van der Waals surface area contributed by atoms with Gasteiger partial charge in [-0.15, -0.1) is 0 Å². The summed E-state index contributed by atoms with van der Waals surface area (Å²) < 4.78 is 37.8. The molecule has 29 heavy (non-hydrogen) atoms. The number of sulfonamides is 1. The predicted octanol–water partition coefficient (Wildman–Crippen LogP) is 2.10. The van der Waals surface area contributed by atoms with Gasteiger partial charge in [-0.05, 0) is 55.0 Å². The van der Waals surface area contributed by atoms with Gasteiger partial charge >= 0.3 is 0 Å². The number of carbonyl (C=O) groups excluding carboxylic acids is 2. The minimum Gasteiger partial charge on any atom is -0.497 e. The molecular formula is C20H22N2O6S. The van der Waals surface area contributed by atoms with Crippen molar-refractivity contribution in [1.82, 2.24) is 4.72 Å². The van der Waals surface area contributed by atoms with Gasteiger partial charge in [-0.3, -0.25) is 14.5 Å². The van der Waals surface area contributed by atoms with E-state index in [1.54, 1.807) is 31.4 Å². The third-order valence-corrected chi connectivity index (χ3v) is 5.88. The number of rotatable bonds is 8. The number of anilines is 1. The van der Waals surface area contributed by atoms with Crippen molar-refractivity contribution in [2.24, 2.45) is 0 Å². The fourth-order valence-corrected chi connectivity index (χ4v) is 3.93. The topological polar surface area (TPSA) is 102 Å². The molecule has 3 rings (SSSR count). The molecule has 2 aromatic carbocycles. The summed E-state index contributed by atoms with van der Waals surface area (Å²) in [6, 6.07) is 12.6. The lowest BCUT2D eigenvalue weighted by Gasteiger charge is -2.24. The van der Waals surface area contributed by atoms with E-state index in [1.165, 1.54) is 24.3 Å². The fourth-order valence-electron chi connectivity index (χ4n) is 2.92. The minimum atomic E-state index is -3.74. The number of ether oxygens (including phenoxy) is 2. The van der Waals surface area contributed by atoms with E-state index in [0.717, 1.165) is 4.90 Å². The summed E-state index contributed by atoms with van der Waals surface area (Å²) in [5.41, 5.74) is 0.376. The second kappa shape index (κ2) is 9.06. The second-order valence-corrected chi connectivity index (χ2v) is 8.16. The van der Waals surface area contributed by atoms with Crippen molar-refractivity contribution in [2.75, 3.05) is 25.2 Å². The Bertz CT molecular complexity index is 955. The summed E-state index contributed by atoms with van der Waals surface area (Å²) in [5.74, 6) is 0.760. The lowest BCUT2D eigenvalue weighted by atomic mass is 10.1. The molecule has 2 aromatic rings. The van der Waals surface area contributed by atoms with Crippen LogP contribution in [-0.4, -0.2) is 40.5 Å². The van der Waals surface area contributed by atoms with Crippen LogP contribution in [0.1, 0.15) is 19.3 Å². The Morgan fingerprint density at radius 3 is 2.10 bits per heavy atom. The molecule has 0 bridgehead atoms. The number of hydrogen-bond acceptors (Lipinski definition) is 6. The molecule has 0 unspecified atom stereocenters. The maximum absolute atomic E-state index is 12.4. The summed E-state index contributed by atoms with van der Waals surface area (Å²) >= 11 is 0. The standard InChI is InChI=1S/C20H22N2O6S/c1-27-16-7-9-17(10-8-16)28-14-13-21-29(25,26)18-11-5-15(6-12-18)22-19(23)3-2-4-20(22)24/h5-12,21H,2-4,13-14H2,1H3. The van der Waals surface area contributed by atoms with Crippen molar-refractivity contribution in [3.63, 3.8) is 0 Å². The number of piperidine rings is 1. The first-order chi connectivity index (χ1) is 13.9. The van der Waals surface area contributed by atoms with E-state index in [9.17, 15) is 18.0 Å². The average molecular weight is 418 g/mol. The third-order valence-electron chi connectivity index (χ3n) is 4.41. The largest absolute Gasteiger partial charge is 0.497 e. The van der Waals surface area contributed by atoms with Gasteiger partial charge < -0.3 is 9.47 Å². The molecule has 154 valence electrons. The average Bonchev–Trinajstić information content (AvgIpc) is 2.72. The Hall–Kier alpha value is -2.91. The molecule has 0 spiro atoms. The molecule has 0 atom stereocenters. The zero-order valence-corrected chi connectivity index (χ0v) is 16.8. The number of nitrogens with one attached hydrogen (secondary N) is 1. The highest BCUT2D eigenvalue weighted by molar-refractivity contribution is 7.89. The van der Waals surface area contributed by atoms with Crippen LogP contribution in [0.3, 0.4) is 0 Å². The number of methoxy groups -OCH3 is 1. The number of carbonyl (C=O) groups is 2. The number of imide groups is 1. The molecule has 1 saturated heterocycles. The molecule has 1 heterocycles. The lowest BCUT2D eigenvalue weighted by molar-refractivity contribution is -0.129. The normalized spacial score (nSPS) is 14.7. The molecule has 1 aliphatic rings. The molecule has 1 fully saturated rings. The second-order valence-electron chi connectivity index (χ2n) is 6.39. The summed E-state index contributed by atoms with van der Waals surface area (Å²) in [7, 11) is -2.17. The van der Waals surface area contributed by atoms with Gasteiger partial charge in [0.1, 0.15) is 18.1 Å². The fraction of sp³-hybridized carbons (Fsp3) is 0.300. The summed E-state index contributed by atoms with van der Waals surface area (Å²) in [4.78, 5) is 25.1. The summed E-state index contributed by atoms with van der Waals surface area (Å²) in [6.45, 7) is 0.236. The maximum atomic E-state index is 12.4. The first kappa shape index (κ1) is 20.8. The zero-order valence-electron chi connectivity index (χ0n) is 16.0. The third kappa shape index (κ3) is 5.12. The van der Waals surface area contributed by atoms with Crippen molar-refractivity contribution >= 4 is 27.5 Å². The Labute approximate surface area is 169 Å². The minimum absolute atomic E-state index is 0.0441. The van der Waals surface area contributed by atoms with E-state index in [0.29, 0.717) is 36.4 Å². The van der Waals surface area contributed by atoms with Crippen LogP contribution in [0.4, 0.5) is 5.69 Å². The summed E-state index contributed by atoms with van der Waals surface area (Å²) in [5, 5.41) is 0. The van der Waals surface area contributed by atoms with E-state index >= 15 is 0 Å². The number of benzene rings is 2. The van der Waals surface area contributed by atoms with E-state index in [2.05, 4.69) is 4.72 Å². The van der Waals surface area contributed by atoms with Crippen LogP contribution < -0.4 is 19.1 Å². The van der Waals surface area contributed by atoms with Crippen LogP contribution in [0, 0.1) is 0 Å². The van der Waals surface area contributed by atoms with Gasteiger partial charge in [-0.1, -0.05) is 0 Å². The van der Waals surface area contributed by atoms with E-state index in [4.69, 9.17) is 9.47 Å². The maximum Gasteiger partial charge on any atom is 0.240 e. The zero-order chi connectivity index (χ0) is 20.9. The van der Waals surface area contributed by atoms with Gasteiger partial charge in [0.15, 0.2) is 0 Å². The van der Waals surface area contributed by atoms with Gasteiger partial charge in [-0.25, -0.2) is 13.1 Å². The highest BCUT2D eigenvalue weighted by Crippen LogP contribution is 2.23. The first-order valence-corrected chi connectivity index (χ1v) is 10.6. The van der Waals surface area contributed by atoms with Gasteiger partial charge in [0.05, 0.1) is 17.7 Å². The molecular weight excluding hydrogens is 396 g/mol. The van der Waals surface area contributed by atoms with Crippen LogP contribution in [0.2, 0.25) is 0 Å². The van der Waals surface area contributed by atoms with Crippen LogP contribution >= 0.6 is 0 Å². The predicted molar refractivity (Wildman–Crippen MR) is 106 cm³/mol. The van der Waals surface area contributed by atoms with Crippen molar-refractivity contribution in [3.8, 4) is 11.5 Å². The lowest BCUT2D eigenvalue weighted by Crippen LogP contribution is -2.40. The van der Waals surface area contributed by atoms with Gasteiger partial charge in [0.25, 0.3) is 0 Å². The Morgan fingerprint density at radius 2 is 1.52 bits per heavy atom. The van der Waals surface area contributed by atoms with Gasteiger partial charge in [0, 0.05) is 19.4 Å². The number of amides is 2. The van der Waals surface area contributed by atoms with Crippen molar-refractivity contribution in [3.05, 3.63) is 48.5 Å². The van der Waals surface area contributed by atoms with Crippen LogP contribution in [0.25, 0.3) is 0 Å². The highest BCUT2D eigenvalue weighted by atomic mass is 32.2. The SMILES string of the molecule is COc1ccc(OCCNS(=O)(=O)c2ccc(N3C(=O)CCCC3=O)cc2)cc1. The van der Waals surface area contributed by atoms with Crippen LogP contribution in [-0.2, 0) is 19.6 Å². The van der Waals surface area contributed by atoms with Crippen molar-refractivity contribution in [1.29, 1.82) is 0 Å². The molecule has 0 radical (unpaired) electrons. The molecule has 2 amide bonds. The molecule has 9 heteroatoms. The monoisotopic (exact) mass is 418 g/mol. The number of hydrogen-bond donors (Lipinski definition) is 1. The molecule has 8 nitrogen and oxygen atoms in total. The van der Waals surface area contributed by atoms with Crippen LogP contribution in [0.15, 0.2) is 53.4 Å². The van der Waals surface area contributed by atoms with E-state index < -0.39 is 10.0 Å². The van der Waals surface area contributed by atoms with E-state index in [-0.39, 0.29) is 29.9 Å². The molecule has 1 aliphatic heterocycles.